The second-order valence-corrected chi connectivity index (χ2v) is 7.81. The third kappa shape index (κ3) is 5.69. The van der Waals surface area contributed by atoms with E-state index in [1.807, 2.05) is 60.7 Å². The molecule has 0 saturated heterocycles. The number of fused-ring (bicyclic) bond motifs is 1. The zero-order valence-electron chi connectivity index (χ0n) is 17.2. The summed E-state index contributed by atoms with van der Waals surface area (Å²) in [6, 6.07) is 20.9. The minimum absolute atomic E-state index is 0.0586. The molecule has 0 aliphatic heterocycles. The van der Waals surface area contributed by atoms with Gasteiger partial charge in [0.25, 0.3) is 5.91 Å². The van der Waals surface area contributed by atoms with E-state index in [2.05, 4.69) is 16.0 Å². The zero-order chi connectivity index (χ0) is 21.6. The Kier molecular flexibility index (Phi) is 6.26. The summed E-state index contributed by atoms with van der Waals surface area (Å²) in [5.74, 6) is -0.139. The minimum Gasteiger partial charge on any atom is -0.352 e. The van der Waals surface area contributed by atoms with Gasteiger partial charge in [-0.05, 0) is 53.4 Å². The van der Waals surface area contributed by atoms with Crippen molar-refractivity contribution in [1.82, 2.24) is 10.6 Å². The molecule has 1 saturated carbocycles. The first-order valence-corrected chi connectivity index (χ1v) is 10.5. The van der Waals surface area contributed by atoms with Gasteiger partial charge in [0.2, 0.25) is 11.8 Å². The topological polar surface area (TPSA) is 87.3 Å². The van der Waals surface area contributed by atoms with Crippen LogP contribution in [0.25, 0.3) is 10.8 Å². The average molecular weight is 415 g/mol. The van der Waals surface area contributed by atoms with E-state index >= 15 is 0 Å². The maximum absolute atomic E-state index is 12.3. The van der Waals surface area contributed by atoms with Crippen molar-refractivity contribution in [2.24, 2.45) is 5.92 Å². The number of amides is 3. The molecule has 1 fully saturated rings. The Morgan fingerprint density at radius 1 is 0.839 bits per heavy atom. The molecule has 3 amide bonds. The molecule has 0 atom stereocenters. The van der Waals surface area contributed by atoms with Crippen LogP contribution in [-0.2, 0) is 16.1 Å². The fraction of sp³-hybridized carbons (Fsp3) is 0.240. The maximum atomic E-state index is 12.3. The first kappa shape index (κ1) is 20.6. The van der Waals surface area contributed by atoms with Gasteiger partial charge >= 0.3 is 0 Å². The molecule has 3 aromatic rings. The molecule has 0 unspecified atom stereocenters. The predicted octanol–water partition coefficient (Wildman–Crippen LogP) is 3.62. The molecular weight excluding hydrogens is 390 g/mol. The lowest BCUT2D eigenvalue weighted by molar-refractivity contribution is -0.121. The van der Waals surface area contributed by atoms with Gasteiger partial charge in [0, 0.05) is 36.7 Å². The highest BCUT2D eigenvalue weighted by Crippen LogP contribution is 2.30. The van der Waals surface area contributed by atoms with Crippen molar-refractivity contribution in [2.75, 3.05) is 11.9 Å². The van der Waals surface area contributed by atoms with Crippen molar-refractivity contribution >= 4 is 34.2 Å². The van der Waals surface area contributed by atoms with Crippen LogP contribution >= 0.6 is 0 Å². The number of carbonyl (C=O) groups excluding carboxylic acids is 3. The third-order valence-electron chi connectivity index (χ3n) is 5.28. The quantitative estimate of drug-likeness (QED) is 0.525. The number of benzene rings is 3. The number of nitrogens with one attached hydrogen (secondary N) is 3. The first-order valence-electron chi connectivity index (χ1n) is 10.5. The molecule has 0 radical (unpaired) electrons. The molecule has 0 heterocycles. The van der Waals surface area contributed by atoms with Gasteiger partial charge in [-0.15, -0.1) is 0 Å². The van der Waals surface area contributed by atoms with E-state index < -0.39 is 0 Å². The van der Waals surface area contributed by atoms with Gasteiger partial charge in [-0.1, -0.05) is 42.5 Å². The Hall–Kier alpha value is -3.67. The Balaban J connectivity index is 1.21. The van der Waals surface area contributed by atoms with E-state index in [9.17, 15) is 14.4 Å². The summed E-state index contributed by atoms with van der Waals surface area (Å²) in [6.45, 7) is 0.625. The number of anilines is 1. The number of carbonyl (C=O) groups is 3. The molecule has 158 valence electrons. The van der Waals surface area contributed by atoms with Crippen LogP contribution in [0.4, 0.5) is 5.69 Å². The number of hydrogen-bond acceptors (Lipinski definition) is 3. The molecule has 1 aliphatic rings. The standard InChI is InChI=1S/C25H25N3O3/c29-23(27-16-17-4-3-7-22(14-17)28-25(31)19-9-10-19)12-13-26-24(30)21-11-8-18-5-1-2-6-20(18)15-21/h1-8,11,14-15,19H,9-10,12-13,16H2,(H,26,30)(H,27,29)(H,28,31). The highest BCUT2D eigenvalue weighted by Gasteiger charge is 2.29. The van der Waals surface area contributed by atoms with Gasteiger partial charge in [0.05, 0.1) is 0 Å². The van der Waals surface area contributed by atoms with E-state index in [1.54, 1.807) is 6.07 Å². The minimum atomic E-state index is -0.197. The summed E-state index contributed by atoms with van der Waals surface area (Å²) in [5, 5.41) is 10.6. The van der Waals surface area contributed by atoms with Gasteiger partial charge in [-0.2, -0.15) is 0 Å². The van der Waals surface area contributed by atoms with Crippen LogP contribution in [0.5, 0.6) is 0 Å². The van der Waals surface area contributed by atoms with E-state index in [0.29, 0.717) is 12.1 Å². The third-order valence-corrected chi connectivity index (χ3v) is 5.28. The number of rotatable bonds is 8. The van der Waals surface area contributed by atoms with Crippen molar-refractivity contribution < 1.29 is 14.4 Å². The van der Waals surface area contributed by atoms with Gasteiger partial charge in [-0.25, -0.2) is 0 Å². The van der Waals surface area contributed by atoms with Crippen molar-refractivity contribution in [2.45, 2.75) is 25.8 Å². The highest BCUT2D eigenvalue weighted by molar-refractivity contribution is 5.98. The van der Waals surface area contributed by atoms with Crippen LogP contribution in [0, 0.1) is 5.92 Å². The lowest BCUT2D eigenvalue weighted by Gasteiger charge is -2.09. The van der Waals surface area contributed by atoms with Crippen LogP contribution < -0.4 is 16.0 Å². The Morgan fingerprint density at radius 3 is 2.45 bits per heavy atom. The lowest BCUT2D eigenvalue weighted by atomic mass is 10.1. The summed E-state index contributed by atoms with van der Waals surface area (Å²) in [5.41, 5.74) is 2.22. The van der Waals surface area contributed by atoms with Crippen LogP contribution in [0.1, 0.15) is 35.2 Å². The van der Waals surface area contributed by atoms with Crippen molar-refractivity contribution in [1.29, 1.82) is 0 Å². The molecule has 1 aliphatic carbocycles. The molecule has 3 aromatic carbocycles. The average Bonchev–Trinajstić information content (AvgIpc) is 3.63. The van der Waals surface area contributed by atoms with E-state index in [4.69, 9.17) is 0 Å². The SMILES string of the molecule is O=C(CCNC(=O)c1ccc2ccccc2c1)NCc1cccc(NC(=O)C2CC2)c1. The van der Waals surface area contributed by atoms with Gasteiger partial charge in [-0.3, -0.25) is 14.4 Å². The molecule has 4 rings (SSSR count). The van der Waals surface area contributed by atoms with Crippen molar-refractivity contribution in [3.05, 3.63) is 77.9 Å². The van der Waals surface area contributed by atoms with E-state index in [0.717, 1.165) is 34.9 Å². The molecule has 31 heavy (non-hydrogen) atoms. The second kappa shape index (κ2) is 9.43. The van der Waals surface area contributed by atoms with Crippen LogP contribution in [0.15, 0.2) is 66.7 Å². The van der Waals surface area contributed by atoms with Crippen LogP contribution in [0.2, 0.25) is 0 Å². The number of hydrogen-bond donors (Lipinski definition) is 3. The Labute approximate surface area is 181 Å². The predicted molar refractivity (Wildman–Crippen MR) is 121 cm³/mol. The summed E-state index contributed by atoms with van der Waals surface area (Å²) < 4.78 is 0. The van der Waals surface area contributed by atoms with Crippen LogP contribution in [0.3, 0.4) is 0 Å². The highest BCUT2D eigenvalue weighted by atomic mass is 16.2. The summed E-state index contributed by atoms with van der Waals surface area (Å²) in [6.07, 6.45) is 2.11. The molecule has 3 N–H and O–H groups in total. The molecule has 6 nitrogen and oxygen atoms in total. The first-order chi connectivity index (χ1) is 15.1. The van der Waals surface area contributed by atoms with E-state index in [1.165, 1.54) is 0 Å². The van der Waals surface area contributed by atoms with Gasteiger partial charge in [0.1, 0.15) is 0 Å². The second-order valence-electron chi connectivity index (χ2n) is 7.81. The molecule has 6 heteroatoms. The fourth-order valence-corrected chi connectivity index (χ4v) is 3.36. The summed E-state index contributed by atoms with van der Waals surface area (Å²) in [4.78, 5) is 36.4. The molecule has 0 spiro atoms. The summed E-state index contributed by atoms with van der Waals surface area (Å²) >= 11 is 0. The molecule has 0 aromatic heterocycles. The van der Waals surface area contributed by atoms with Crippen LogP contribution in [-0.4, -0.2) is 24.3 Å². The summed E-state index contributed by atoms with van der Waals surface area (Å²) in [7, 11) is 0. The smallest absolute Gasteiger partial charge is 0.251 e. The van der Waals surface area contributed by atoms with Crippen molar-refractivity contribution in [3.63, 3.8) is 0 Å². The zero-order valence-corrected chi connectivity index (χ0v) is 17.2. The lowest BCUT2D eigenvalue weighted by Crippen LogP contribution is -2.30. The van der Waals surface area contributed by atoms with Gasteiger partial charge in [0.15, 0.2) is 0 Å². The Bertz CT molecular complexity index is 1120. The monoisotopic (exact) mass is 415 g/mol. The van der Waals surface area contributed by atoms with E-state index in [-0.39, 0.29) is 36.6 Å². The fourth-order valence-electron chi connectivity index (χ4n) is 3.36. The molecule has 0 bridgehead atoms. The normalized spacial score (nSPS) is 12.9. The Morgan fingerprint density at radius 2 is 1.65 bits per heavy atom. The largest absolute Gasteiger partial charge is 0.352 e. The maximum Gasteiger partial charge on any atom is 0.251 e. The molecular formula is C25H25N3O3. The van der Waals surface area contributed by atoms with Crippen molar-refractivity contribution in [3.8, 4) is 0 Å². The van der Waals surface area contributed by atoms with Gasteiger partial charge < -0.3 is 16.0 Å².